The van der Waals surface area contributed by atoms with Crippen LogP contribution in [0.25, 0.3) is 6.08 Å². The third-order valence-corrected chi connectivity index (χ3v) is 2.02. The molecule has 60 valence electrons. The Hall–Kier alpha value is -1.37. The lowest BCUT2D eigenvalue weighted by molar-refractivity contribution is 1.13. The molecule has 0 unspecified atom stereocenters. The normalized spacial score (nSPS) is 14.1. The minimum absolute atomic E-state index is 0.996. The standard InChI is InChI=1S/C11H11N/c1-9-7-10-5-3-2-4-6-11(10)8-12-9/h2-5,7-8H,6H2,1H3. The average Bonchev–Trinajstić information content (AvgIpc) is 2.28. The summed E-state index contributed by atoms with van der Waals surface area (Å²) in [4.78, 5) is 4.27. The van der Waals surface area contributed by atoms with E-state index in [0.717, 1.165) is 12.1 Å². The minimum Gasteiger partial charge on any atom is -0.261 e. The Balaban J connectivity index is 2.53. The molecule has 0 atom stereocenters. The van der Waals surface area contributed by atoms with E-state index in [4.69, 9.17) is 0 Å². The van der Waals surface area contributed by atoms with Gasteiger partial charge in [0.05, 0.1) is 0 Å². The number of allylic oxidation sites excluding steroid dienone is 3. The van der Waals surface area contributed by atoms with Crippen molar-refractivity contribution in [2.75, 3.05) is 0 Å². The van der Waals surface area contributed by atoms with Crippen molar-refractivity contribution in [3.05, 3.63) is 47.3 Å². The molecule has 0 aliphatic heterocycles. The second-order valence-corrected chi connectivity index (χ2v) is 3.02. The summed E-state index contributed by atoms with van der Waals surface area (Å²) in [7, 11) is 0. The van der Waals surface area contributed by atoms with E-state index >= 15 is 0 Å². The summed E-state index contributed by atoms with van der Waals surface area (Å²) in [6.07, 6.45) is 11.4. The van der Waals surface area contributed by atoms with Gasteiger partial charge in [0, 0.05) is 11.9 Å². The number of nitrogens with zero attached hydrogens (tertiary/aromatic N) is 1. The summed E-state index contributed by atoms with van der Waals surface area (Å²) in [5.41, 5.74) is 3.69. The van der Waals surface area contributed by atoms with Gasteiger partial charge in [0.15, 0.2) is 0 Å². The molecule has 0 bridgehead atoms. The fourth-order valence-corrected chi connectivity index (χ4v) is 1.37. The number of hydrogen-bond acceptors (Lipinski definition) is 1. The minimum atomic E-state index is 0.996. The first-order valence-electron chi connectivity index (χ1n) is 4.15. The van der Waals surface area contributed by atoms with Gasteiger partial charge in [0.1, 0.15) is 0 Å². The Labute approximate surface area is 72.5 Å². The Morgan fingerprint density at radius 1 is 1.33 bits per heavy atom. The summed E-state index contributed by atoms with van der Waals surface area (Å²) in [5.74, 6) is 0. The van der Waals surface area contributed by atoms with Crippen LogP contribution >= 0.6 is 0 Å². The fourth-order valence-electron chi connectivity index (χ4n) is 1.37. The number of fused-ring (bicyclic) bond motifs is 1. The zero-order valence-electron chi connectivity index (χ0n) is 7.12. The topological polar surface area (TPSA) is 12.9 Å². The van der Waals surface area contributed by atoms with Crippen LogP contribution in [0.3, 0.4) is 0 Å². The quantitative estimate of drug-likeness (QED) is 0.564. The summed E-state index contributed by atoms with van der Waals surface area (Å²) < 4.78 is 0. The van der Waals surface area contributed by atoms with Crippen molar-refractivity contribution in [2.45, 2.75) is 13.3 Å². The fraction of sp³-hybridized carbons (Fsp3) is 0.182. The number of pyridine rings is 1. The molecule has 1 aromatic heterocycles. The summed E-state index contributed by atoms with van der Waals surface area (Å²) in [6, 6.07) is 2.12. The molecule has 1 heteroatoms. The first-order chi connectivity index (χ1) is 5.86. The maximum Gasteiger partial charge on any atom is 0.0378 e. The molecule has 1 nitrogen and oxygen atoms in total. The zero-order chi connectivity index (χ0) is 8.39. The molecule has 0 radical (unpaired) electrons. The monoisotopic (exact) mass is 157 g/mol. The van der Waals surface area contributed by atoms with Crippen molar-refractivity contribution >= 4 is 6.08 Å². The molecule has 0 spiro atoms. The number of hydrogen-bond donors (Lipinski definition) is 0. The van der Waals surface area contributed by atoms with Gasteiger partial charge in [0.2, 0.25) is 0 Å². The zero-order valence-corrected chi connectivity index (χ0v) is 7.12. The largest absolute Gasteiger partial charge is 0.261 e. The van der Waals surface area contributed by atoms with E-state index < -0.39 is 0 Å². The smallest absolute Gasteiger partial charge is 0.0378 e. The molecular weight excluding hydrogens is 146 g/mol. The molecule has 1 aliphatic carbocycles. The molecule has 1 heterocycles. The molecule has 0 saturated carbocycles. The van der Waals surface area contributed by atoms with E-state index in [-0.39, 0.29) is 0 Å². The number of aryl methyl sites for hydroxylation is 1. The van der Waals surface area contributed by atoms with Gasteiger partial charge in [-0.1, -0.05) is 24.3 Å². The lowest BCUT2D eigenvalue weighted by Crippen LogP contribution is -1.90. The third kappa shape index (κ3) is 1.30. The van der Waals surface area contributed by atoms with E-state index in [1.807, 2.05) is 13.1 Å². The first-order valence-corrected chi connectivity index (χ1v) is 4.15. The van der Waals surface area contributed by atoms with Crippen molar-refractivity contribution in [1.29, 1.82) is 0 Å². The summed E-state index contributed by atoms with van der Waals surface area (Å²) in [6.45, 7) is 2.02. The van der Waals surface area contributed by atoms with E-state index in [9.17, 15) is 0 Å². The van der Waals surface area contributed by atoms with Crippen LogP contribution in [0.4, 0.5) is 0 Å². The second-order valence-electron chi connectivity index (χ2n) is 3.02. The summed E-state index contributed by atoms with van der Waals surface area (Å²) >= 11 is 0. The molecule has 2 rings (SSSR count). The molecule has 1 aromatic rings. The highest BCUT2D eigenvalue weighted by Crippen LogP contribution is 2.14. The summed E-state index contributed by atoms with van der Waals surface area (Å²) in [5, 5.41) is 0. The van der Waals surface area contributed by atoms with Gasteiger partial charge in [-0.2, -0.15) is 0 Å². The van der Waals surface area contributed by atoms with E-state index in [1.165, 1.54) is 11.1 Å². The Morgan fingerprint density at radius 2 is 2.25 bits per heavy atom. The molecule has 12 heavy (non-hydrogen) atoms. The van der Waals surface area contributed by atoms with Crippen molar-refractivity contribution < 1.29 is 0 Å². The average molecular weight is 157 g/mol. The lowest BCUT2D eigenvalue weighted by atomic mass is 10.1. The van der Waals surface area contributed by atoms with E-state index in [1.54, 1.807) is 0 Å². The van der Waals surface area contributed by atoms with Crippen molar-refractivity contribution in [3.63, 3.8) is 0 Å². The molecular formula is C11H11N. The van der Waals surface area contributed by atoms with Crippen LogP contribution in [0.5, 0.6) is 0 Å². The molecule has 0 N–H and O–H groups in total. The Bertz CT molecular complexity index is 348. The van der Waals surface area contributed by atoms with Crippen molar-refractivity contribution in [2.24, 2.45) is 0 Å². The van der Waals surface area contributed by atoms with Gasteiger partial charge in [0.25, 0.3) is 0 Å². The van der Waals surface area contributed by atoms with Crippen LogP contribution in [0.15, 0.2) is 30.5 Å². The van der Waals surface area contributed by atoms with E-state index in [0.29, 0.717) is 0 Å². The molecule has 0 fully saturated rings. The van der Waals surface area contributed by atoms with Crippen LogP contribution in [0.2, 0.25) is 0 Å². The highest BCUT2D eigenvalue weighted by Gasteiger charge is 2.00. The van der Waals surface area contributed by atoms with Gasteiger partial charge in [-0.05, 0) is 30.5 Å². The molecule has 1 aliphatic rings. The van der Waals surface area contributed by atoms with Crippen LogP contribution in [-0.4, -0.2) is 4.98 Å². The SMILES string of the molecule is Cc1cc2c(cn1)CC=CC=C2. The van der Waals surface area contributed by atoms with Gasteiger partial charge < -0.3 is 0 Å². The Morgan fingerprint density at radius 3 is 3.17 bits per heavy atom. The highest BCUT2D eigenvalue weighted by molar-refractivity contribution is 5.57. The lowest BCUT2D eigenvalue weighted by Gasteiger charge is -2.01. The maximum absolute atomic E-state index is 4.27. The van der Waals surface area contributed by atoms with Crippen LogP contribution in [-0.2, 0) is 6.42 Å². The van der Waals surface area contributed by atoms with Gasteiger partial charge in [-0.3, -0.25) is 4.98 Å². The molecule has 0 saturated heterocycles. The van der Waals surface area contributed by atoms with Crippen LogP contribution < -0.4 is 0 Å². The van der Waals surface area contributed by atoms with E-state index in [2.05, 4.69) is 35.4 Å². The van der Waals surface area contributed by atoms with Crippen molar-refractivity contribution in [1.82, 2.24) is 4.98 Å². The van der Waals surface area contributed by atoms with Gasteiger partial charge >= 0.3 is 0 Å². The predicted octanol–water partition coefficient (Wildman–Crippen LogP) is 2.52. The second kappa shape index (κ2) is 2.94. The highest BCUT2D eigenvalue weighted by atomic mass is 14.7. The number of aromatic nitrogens is 1. The van der Waals surface area contributed by atoms with Gasteiger partial charge in [-0.25, -0.2) is 0 Å². The number of rotatable bonds is 0. The molecule has 0 amide bonds. The van der Waals surface area contributed by atoms with Crippen LogP contribution in [0, 0.1) is 6.92 Å². The maximum atomic E-state index is 4.27. The van der Waals surface area contributed by atoms with Crippen LogP contribution in [0.1, 0.15) is 16.8 Å². The third-order valence-electron chi connectivity index (χ3n) is 2.02. The Kier molecular flexibility index (Phi) is 1.78. The predicted molar refractivity (Wildman–Crippen MR) is 50.9 cm³/mol. The first kappa shape index (κ1) is 7.29. The van der Waals surface area contributed by atoms with Gasteiger partial charge in [-0.15, -0.1) is 0 Å². The molecule has 0 aromatic carbocycles. The van der Waals surface area contributed by atoms with Crippen molar-refractivity contribution in [3.8, 4) is 0 Å².